The average Bonchev–Trinajstić information content (AvgIpc) is 3.10. The van der Waals surface area contributed by atoms with Gasteiger partial charge in [-0.05, 0) is 23.9 Å². The highest BCUT2D eigenvalue weighted by atomic mass is 32.1. The van der Waals surface area contributed by atoms with Gasteiger partial charge in [0.1, 0.15) is 6.04 Å². The third-order valence-corrected chi connectivity index (χ3v) is 5.18. The van der Waals surface area contributed by atoms with E-state index in [2.05, 4.69) is 10.6 Å². The number of nitrogens with zero attached hydrogens (tertiary/aromatic N) is 1. The molecule has 2 amide bonds. The summed E-state index contributed by atoms with van der Waals surface area (Å²) in [6, 6.07) is 13.1. The maximum Gasteiger partial charge on any atom is 0.242 e. The third-order valence-electron chi connectivity index (χ3n) is 4.12. The number of rotatable bonds is 5. The molecule has 0 saturated carbocycles. The lowest BCUT2D eigenvalue weighted by Gasteiger charge is -2.34. The molecule has 0 aliphatic carbocycles. The highest BCUT2D eigenvalue weighted by Crippen LogP contribution is 2.23. The number of benzene rings is 1. The predicted molar refractivity (Wildman–Crippen MR) is 94.6 cm³/mol. The molecule has 126 valence electrons. The molecule has 5 nitrogen and oxygen atoms in total. The van der Waals surface area contributed by atoms with Gasteiger partial charge < -0.3 is 10.6 Å². The monoisotopic (exact) mass is 343 g/mol. The Hall–Kier alpha value is -2.18. The average molecular weight is 343 g/mol. The van der Waals surface area contributed by atoms with Gasteiger partial charge in [0.05, 0.1) is 12.6 Å². The van der Waals surface area contributed by atoms with E-state index in [-0.39, 0.29) is 24.4 Å². The van der Waals surface area contributed by atoms with Crippen molar-refractivity contribution in [3.63, 3.8) is 0 Å². The topological polar surface area (TPSA) is 61.4 Å². The zero-order valence-corrected chi connectivity index (χ0v) is 14.4. The van der Waals surface area contributed by atoms with E-state index >= 15 is 0 Å². The van der Waals surface area contributed by atoms with Crippen molar-refractivity contribution in [2.24, 2.45) is 0 Å². The highest BCUT2D eigenvalue weighted by Gasteiger charge is 2.32. The van der Waals surface area contributed by atoms with Crippen LogP contribution in [0.1, 0.15) is 29.4 Å². The van der Waals surface area contributed by atoms with Crippen LogP contribution in [0.25, 0.3) is 0 Å². The molecule has 0 bridgehead atoms. The fraction of sp³-hybridized carbons (Fsp3) is 0.333. The third kappa shape index (κ3) is 3.83. The molecule has 1 aromatic heterocycles. The molecule has 3 rings (SSSR count). The van der Waals surface area contributed by atoms with Crippen molar-refractivity contribution in [3.05, 3.63) is 58.3 Å². The molecule has 2 N–H and O–H groups in total. The van der Waals surface area contributed by atoms with E-state index in [1.165, 1.54) is 0 Å². The lowest BCUT2D eigenvalue weighted by molar-refractivity contribution is -0.132. The minimum Gasteiger partial charge on any atom is -0.353 e. The van der Waals surface area contributed by atoms with Crippen LogP contribution < -0.4 is 10.6 Å². The summed E-state index contributed by atoms with van der Waals surface area (Å²) in [5, 5.41) is 7.90. The summed E-state index contributed by atoms with van der Waals surface area (Å²) in [6.07, 6.45) is 0. The first-order chi connectivity index (χ1) is 11.6. The molecule has 1 saturated heterocycles. The van der Waals surface area contributed by atoms with Gasteiger partial charge in [-0.25, -0.2) is 0 Å². The van der Waals surface area contributed by atoms with Gasteiger partial charge in [0, 0.05) is 18.0 Å². The smallest absolute Gasteiger partial charge is 0.242 e. The molecule has 24 heavy (non-hydrogen) atoms. The Morgan fingerprint density at radius 1 is 1.33 bits per heavy atom. The van der Waals surface area contributed by atoms with Crippen molar-refractivity contribution in [1.82, 2.24) is 15.5 Å². The molecule has 2 heterocycles. The van der Waals surface area contributed by atoms with Crippen LogP contribution in [0.3, 0.4) is 0 Å². The molecule has 0 radical (unpaired) electrons. The maximum absolute atomic E-state index is 12.4. The molecular weight excluding hydrogens is 322 g/mol. The van der Waals surface area contributed by atoms with Crippen LogP contribution in [-0.4, -0.2) is 36.3 Å². The van der Waals surface area contributed by atoms with E-state index in [1.54, 1.807) is 11.3 Å². The van der Waals surface area contributed by atoms with E-state index in [0.29, 0.717) is 13.1 Å². The van der Waals surface area contributed by atoms with Gasteiger partial charge in [-0.15, -0.1) is 11.3 Å². The second kappa shape index (κ2) is 7.59. The van der Waals surface area contributed by atoms with Crippen LogP contribution >= 0.6 is 11.3 Å². The summed E-state index contributed by atoms with van der Waals surface area (Å²) >= 11 is 1.62. The van der Waals surface area contributed by atoms with E-state index in [1.807, 2.05) is 59.7 Å². The highest BCUT2D eigenvalue weighted by molar-refractivity contribution is 7.10. The molecule has 1 aliphatic heterocycles. The Bertz CT molecular complexity index is 688. The van der Waals surface area contributed by atoms with Gasteiger partial charge in [0.15, 0.2) is 0 Å². The first kappa shape index (κ1) is 16.7. The van der Waals surface area contributed by atoms with Crippen molar-refractivity contribution in [1.29, 1.82) is 0 Å². The Balaban J connectivity index is 1.67. The van der Waals surface area contributed by atoms with Gasteiger partial charge in [-0.2, -0.15) is 0 Å². The molecule has 6 heteroatoms. The summed E-state index contributed by atoms with van der Waals surface area (Å²) in [5.41, 5.74) is 0.911. The molecular formula is C18H21N3O2S. The van der Waals surface area contributed by atoms with Crippen molar-refractivity contribution in [3.8, 4) is 0 Å². The van der Waals surface area contributed by atoms with Crippen LogP contribution in [0, 0.1) is 0 Å². The molecule has 1 aromatic carbocycles. The molecule has 1 fully saturated rings. The molecule has 1 aliphatic rings. The summed E-state index contributed by atoms with van der Waals surface area (Å²) < 4.78 is 0. The van der Waals surface area contributed by atoms with E-state index in [4.69, 9.17) is 0 Å². The van der Waals surface area contributed by atoms with E-state index < -0.39 is 6.04 Å². The SMILES string of the molecule is C[C@@H](NC(=O)CN1CCNC(=O)[C@@H]1c1ccccc1)c1cccs1. The lowest BCUT2D eigenvalue weighted by atomic mass is 10.0. The number of nitrogens with one attached hydrogen (secondary N) is 2. The van der Waals surface area contributed by atoms with Gasteiger partial charge >= 0.3 is 0 Å². The molecule has 2 atom stereocenters. The minimum atomic E-state index is -0.414. The second-order valence-corrected chi connectivity index (χ2v) is 6.86. The second-order valence-electron chi connectivity index (χ2n) is 5.88. The normalized spacial score (nSPS) is 19.5. The minimum absolute atomic E-state index is 0.0220. The van der Waals surface area contributed by atoms with Crippen molar-refractivity contribution in [2.75, 3.05) is 19.6 Å². The van der Waals surface area contributed by atoms with Crippen LogP contribution in [-0.2, 0) is 9.59 Å². The zero-order valence-electron chi connectivity index (χ0n) is 13.6. The first-order valence-electron chi connectivity index (χ1n) is 8.04. The lowest BCUT2D eigenvalue weighted by Crippen LogP contribution is -2.52. The van der Waals surface area contributed by atoms with Crippen molar-refractivity contribution in [2.45, 2.75) is 19.0 Å². The Kier molecular flexibility index (Phi) is 5.27. The number of thiophene rings is 1. The van der Waals surface area contributed by atoms with Crippen LogP contribution in [0.5, 0.6) is 0 Å². The number of piperazine rings is 1. The Morgan fingerprint density at radius 3 is 2.83 bits per heavy atom. The predicted octanol–water partition coefficient (Wildman–Crippen LogP) is 2.10. The van der Waals surface area contributed by atoms with E-state index in [9.17, 15) is 9.59 Å². The number of amides is 2. The standard InChI is InChI=1S/C18H21N3O2S/c1-13(15-8-5-11-24-15)20-16(22)12-21-10-9-19-18(23)17(21)14-6-3-2-4-7-14/h2-8,11,13,17H,9-10,12H2,1H3,(H,19,23)(H,20,22)/t13-,17+/m1/s1. The maximum atomic E-state index is 12.4. The summed E-state index contributed by atoms with van der Waals surface area (Å²) in [6.45, 7) is 3.41. The Morgan fingerprint density at radius 2 is 2.12 bits per heavy atom. The van der Waals surface area contributed by atoms with Gasteiger partial charge in [-0.3, -0.25) is 14.5 Å². The van der Waals surface area contributed by atoms with Crippen LogP contribution in [0.15, 0.2) is 47.8 Å². The fourth-order valence-electron chi connectivity index (χ4n) is 2.96. The van der Waals surface area contributed by atoms with E-state index in [0.717, 1.165) is 10.4 Å². The van der Waals surface area contributed by atoms with Gasteiger partial charge in [-0.1, -0.05) is 36.4 Å². The Labute approximate surface area is 145 Å². The number of hydrogen-bond donors (Lipinski definition) is 2. The summed E-state index contributed by atoms with van der Waals surface area (Å²) in [5.74, 6) is -0.113. The van der Waals surface area contributed by atoms with Crippen molar-refractivity contribution < 1.29 is 9.59 Å². The van der Waals surface area contributed by atoms with Crippen molar-refractivity contribution >= 4 is 23.2 Å². The van der Waals surface area contributed by atoms with Crippen LogP contribution in [0.2, 0.25) is 0 Å². The number of carbonyl (C=O) groups excluding carboxylic acids is 2. The number of hydrogen-bond acceptors (Lipinski definition) is 4. The largest absolute Gasteiger partial charge is 0.353 e. The summed E-state index contributed by atoms with van der Waals surface area (Å²) in [4.78, 5) is 27.8. The first-order valence-corrected chi connectivity index (χ1v) is 8.92. The zero-order chi connectivity index (χ0) is 16.9. The quantitative estimate of drug-likeness (QED) is 0.874. The van der Waals surface area contributed by atoms with Gasteiger partial charge in [0.2, 0.25) is 11.8 Å². The molecule has 2 aromatic rings. The van der Waals surface area contributed by atoms with Gasteiger partial charge in [0.25, 0.3) is 0 Å². The summed E-state index contributed by atoms with van der Waals surface area (Å²) in [7, 11) is 0. The fourth-order valence-corrected chi connectivity index (χ4v) is 3.70. The van der Waals surface area contributed by atoms with Crippen LogP contribution in [0.4, 0.5) is 0 Å². The molecule has 0 unspecified atom stereocenters. The molecule has 0 spiro atoms. The number of carbonyl (C=O) groups is 2.